The Morgan fingerprint density at radius 3 is 2.67 bits per heavy atom. The van der Waals surface area contributed by atoms with E-state index in [1.807, 2.05) is 0 Å². The van der Waals surface area contributed by atoms with Crippen LogP contribution in [0, 0.1) is 10.1 Å². The number of hydrogen-bond donors (Lipinski definition) is 0. The Morgan fingerprint density at radius 2 is 2.04 bits per heavy atom. The van der Waals surface area contributed by atoms with Crippen LogP contribution in [0.4, 0.5) is 5.69 Å². The summed E-state index contributed by atoms with van der Waals surface area (Å²) in [7, 11) is 1.57. The highest BCUT2D eigenvalue weighted by Crippen LogP contribution is 2.46. The van der Waals surface area contributed by atoms with Gasteiger partial charge < -0.3 is 14.2 Å². The van der Waals surface area contributed by atoms with Crippen LogP contribution >= 0.6 is 11.8 Å². The molecule has 0 radical (unpaired) electrons. The second kappa shape index (κ2) is 8.51. The average Bonchev–Trinajstić information content (AvgIpc) is 2.95. The Bertz CT molecular complexity index is 778. The third-order valence-corrected chi connectivity index (χ3v) is 5.31. The summed E-state index contributed by atoms with van der Waals surface area (Å²) in [6, 6.07) is 5.74. The maximum absolute atomic E-state index is 12.6. The molecule has 144 valence electrons. The second-order valence-corrected chi connectivity index (χ2v) is 7.13. The van der Waals surface area contributed by atoms with E-state index in [4.69, 9.17) is 14.2 Å². The van der Waals surface area contributed by atoms with Crippen LogP contribution < -0.4 is 0 Å². The minimum Gasteiger partial charge on any atom is -0.456 e. The number of nitro groups is 1. The van der Waals surface area contributed by atoms with Gasteiger partial charge in [0.25, 0.3) is 5.69 Å². The fourth-order valence-corrected chi connectivity index (χ4v) is 3.98. The van der Waals surface area contributed by atoms with E-state index in [1.54, 1.807) is 7.11 Å². The normalized spacial score (nSPS) is 18.3. The molecule has 0 bridgehead atoms. The summed E-state index contributed by atoms with van der Waals surface area (Å²) in [5.74, 6) is -0.733. The van der Waals surface area contributed by atoms with Crippen LogP contribution in [0.3, 0.4) is 0 Å². The van der Waals surface area contributed by atoms with Gasteiger partial charge in [0.1, 0.15) is 12.3 Å². The number of fused-ring (bicyclic) bond motifs is 1. The molecule has 9 nitrogen and oxygen atoms in total. The van der Waals surface area contributed by atoms with Gasteiger partial charge in [0.2, 0.25) is 5.91 Å². The molecule has 1 aromatic carbocycles. The zero-order valence-electron chi connectivity index (χ0n) is 14.6. The summed E-state index contributed by atoms with van der Waals surface area (Å²) in [6.45, 7) is 0.972. The standard InChI is InChI=1S/C17H18N2O7S/c1-24-6-7-25-10-13-16(18-14(20)8-15(18)27-13)17(21)26-9-11-2-4-12(5-3-11)19(22)23/h2-5,15H,6-10H2,1H3/t15-/m0/s1. The molecular weight excluding hydrogens is 376 g/mol. The maximum atomic E-state index is 12.6. The smallest absolute Gasteiger partial charge is 0.356 e. The molecule has 1 saturated heterocycles. The Morgan fingerprint density at radius 1 is 1.30 bits per heavy atom. The number of methoxy groups -OCH3 is 1. The number of nitrogens with zero attached hydrogens (tertiary/aromatic N) is 2. The topological polar surface area (TPSA) is 108 Å². The van der Waals surface area contributed by atoms with E-state index in [2.05, 4.69) is 0 Å². The van der Waals surface area contributed by atoms with Crippen LogP contribution in [-0.4, -0.2) is 54.0 Å². The van der Waals surface area contributed by atoms with Crippen molar-refractivity contribution in [1.82, 2.24) is 4.90 Å². The van der Waals surface area contributed by atoms with E-state index in [0.29, 0.717) is 30.1 Å². The zero-order valence-corrected chi connectivity index (χ0v) is 15.4. The SMILES string of the molecule is COCCOCC1=C(C(=O)OCc2ccc([N+](=O)[O-])cc2)N2C(=O)C[C@@H]2S1. The number of hydrogen-bond acceptors (Lipinski definition) is 8. The molecule has 10 heteroatoms. The predicted molar refractivity (Wildman–Crippen MR) is 95.5 cm³/mol. The predicted octanol–water partition coefficient (Wildman–Crippen LogP) is 1.82. The summed E-state index contributed by atoms with van der Waals surface area (Å²) in [4.78, 5) is 36.7. The molecule has 2 heterocycles. The van der Waals surface area contributed by atoms with Crippen molar-refractivity contribution in [3.8, 4) is 0 Å². The number of non-ortho nitro benzene ring substituents is 1. The summed E-state index contributed by atoms with van der Waals surface area (Å²) in [6.07, 6.45) is 0.380. The van der Waals surface area contributed by atoms with Crippen molar-refractivity contribution in [3.63, 3.8) is 0 Å². The molecular formula is C17H18N2O7S. The fraction of sp³-hybridized carbons (Fsp3) is 0.412. The lowest BCUT2D eigenvalue weighted by atomic mass is 10.1. The van der Waals surface area contributed by atoms with Crippen LogP contribution in [0.25, 0.3) is 0 Å². The first-order valence-electron chi connectivity index (χ1n) is 8.20. The Hall–Kier alpha value is -2.43. The van der Waals surface area contributed by atoms with Crippen molar-refractivity contribution in [3.05, 3.63) is 50.5 Å². The molecule has 27 heavy (non-hydrogen) atoms. The first-order chi connectivity index (χ1) is 13.0. The van der Waals surface area contributed by atoms with Gasteiger partial charge in [-0.3, -0.25) is 19.8 Å². The molecule has 1 aromatic rings. The van der Waals surface area contributed by atoms with Crippen LogP contribution in [0.1, 0.15) is 12.0 Å². The number of carbonyl (C=O) groups excluding carboxylic acids is 2. The van der Waals surface area contributed by atoms with E-state index in [-0.39, 0.29) is 35.9 Å². The summed E-state index contributed by atoms with van der Waals surface area (Å²) < 4.78 is 15.7. The lowest BCUT2D eigenvalue weighted by molar-refractivity contribution is -0.384. The third-order valence-electron chi connectivity index (χ3n) is 4.06. The molecule has 1 fully saturated rings. The Kier molecular flexibility index (Phi) is 6.09. The van der Waals surface area contributed by atoms with E-state index in [0.717, 1.165) is 0 Å². The number of nitro benzene ring substituents is 1. The first-order valence-corrected chi connectivity index (χ1v) is 9.08. The maximum Gasteiger partial charge on any atom is 0.356 e. The highest BCUT2D eigenvalue weighted by Gasteiger charge is 2.48. The molecule has 2 aliphatic heterocycles. The molecule has 0 aliphatic carbocycles. The molecule has 3 rings (SSSR count). The number of amides is 1. The summed E-state index contributed by atoms with van der Waals surface area (Å²) in [5, 5.41) is 10.6. The van der Waals surface area contributed by atoms with Gasteiger partial charge in [-0.2, -0.15) is 0 Å². The van der Waals surface area contributed by atoms with Gasteiger partial charge in [0.05, 0.1) is 36.5 Å². The van der Waals surface area contributed by atoms with Gasteiger partial charge >= 0.3 is 5.97 Å². The van der Waals surface area contributed by atoms with E-state index in [1.165, 1.54) is 40.9 Å². The number of esters is 1. The van der Waals surface area contributed by atoms with Crippen molar-refractivity contribution in [2.45, 2.75) is 18.4 Å². The van der Waals surface area contributed by atoms with Gasteiger partial charge in [-0.05, 0) is 17.7 Å². The number of ether oxygens (including phenoxy) is 3. The van der Waals surface area contributed by atoms with Gasteiger partial charge in [0.15, 0.2) is 0 Å². The molecule has 0 unspecified atom stereocenters. The lowest BCUT2D eigenvalue weighted by Crippen LogP contribution is -2.48. The number of β-lactam (4-membered cyclic amide) rings is 1. The van der Waals surface area contributed by atoms with Crippen molar-refractivity contribution in [2.75, 3.05) is 26.9 Å². The molecule has 1 atom stereocenters. The number of thioether (sulfide) groups is 1. The Labute approximate surface area is 159 Å². The van der Waals surface area contributed by atoms with Crippen molar-refractivity contribution < 1.29 is 28.7 Å². The number of rotatable bonds is 9. The van der Waals surface area contributed by atoms with E-state index < -0.39 is 10.9 Å². The zero-order chi connectivity index (χ0) is 19.4. The average molecular weight is 394 g/mol. The molecule has 2 aliphatic rings. The Balaban J connectivity index is 1.64. The minimum atomic E-state index is -0.609. The van der Waals surface area contributed by atoms with Gasteiger partial charge in [-0.15, -0.1) is 0 Å². The summed E-state index contributed by atoms with van der Waals surface area (Å²) >= 11 is 1.43. The van der Waals surface area contributed by atoms with Crippen molar-refractivity contribution in [1.29, 1.82) is 0 Å². The van der Waals surface area contributed by atoms with Crippen molar-refractivity contribution in [2.24, 2.45) is 0 Å². The lowest BCUT2D eigenvalue weighted by Gasteiger charge is -2.34. The molecule has 1 amide bonds. The van der Waals surface area contributed by atoms with Crippen molar-refractivity contribution >= 4 is 29.3 Å². The summed E-state index contributed by atoms with van der Waals surface area (Å²) in [5.41, 5.74) is 0.801. The van der Waals surface area contributed by atoms with Crippen LogP contribution in [0.5, 0.6) is 0 Å². The van der Waals surface area contributed by atoms with Gasteiger partial charge in [-0.25, -0.2) is 4.79 Å². The molecule has 0 aromatic heterocycles. The largest absolute Gasteiger partial charge is 0.456 e. The third kappa shape index (κ3) is 4.29. The molecule has 0 N–H and O–H groups in total. The first kappa shape index (κ1) is 19.3. The van der Waals surface area contributed by atoms with Gasteiger partial charge in [-0.1, -0.05) is 11.8 Å². The highest BCUT2D eigenvalue weighted by atomic mass is 32.2. The molecule has 0 saturated carbocycles. The van der Waals surface area contributed by atoms with E-state index >= 15 is 0 Å². The molecule has 0 spiro atoms. The van der Waals surface area contributed by atoms with Crippen LogP contribution in [0.2, 0.25) is 0 Å². The van der Waals surface area contributed by atoms with Gasteiger partial charge in [0, 0.05) is 24.1 Å². The van der Waals surface area contributed by atoms with Crippen LogP contribution in [0.15, 0.2) is 34.9 Å². The quantitative estimate of drug-likeness (QED) is 0.205. The van der Waals surface area contributed by atoms with E-state index in [9.17, 15) is 19.7 Å². The second-order valence-electron chi connectivity index (χ2n) is 5.86. The highest BCUT2D eigenvalue weighted by molar-refractivity contribution is 8.04. The monoisotopic (exact) mass is 394 g/mol. The fourth-order valence-electron chi connectivity index (χ4n) is 2.66. The minimum absolute atomic E-state index is 0.0375. The number of benzene rings is 1. The number of carbonyl (C=O) groups is 2. The van der Waals surface area contributed by atoms with Crippen LogP contribution in [-0.2, 0) is 30.4 Å².